The SMILES string of the molecule is CSc1nc2n(n1)[C@H](c1cccc(Br)c1)C(C(=O)Nc1ccc(C)cc1C)=C(C)N2. The number of rotatable bonds is 4. The summed E-state index contributed by atoms with van der Waals surface area (Å²) in [6.07, 6.45) is 1.93. The van der Waals surface area contributed by atoms with Crippen LogP contribution in [-0.2, 0) is 4.79 Å². The highest BCUT2D eigenvalue weighted by atomic mass is 79.9. The van der Waals surface area contributed by atoms with E-state index in [1.807, 2.05) is 63.4 Å². The van der Waals surface area contributed by atoms with Gasteiger partial charge in [0, 0.05) is 15.9 Å². The van der Waals surface area contributed by atoms with Crippen LogP contribution in [-0.4, -0.2) is 26.9 Å². The highest BCUT2D eigenvalue weighted by Gasteiger charge is 2.34. The number of carbonyl (C=O) groups is 1. The molecule has 0 saturated carbocycles. The molecule has 154 valence electrons. The normalized spacial score (nSPS) is 15.6. The van der Waals surface area contributed by atoms with E-state index in [9.17, 15) is 4.79 Å². The van der Waals surface area contributed by atoms with Crippen molar-refractivity contribution in [1.29, 1.82) is 0 Å². The minimum Gasteiger partial charge on any atom is -0.328 e. The number of anilines is 2. The van der Waals surface area contributed by atoms with Crippen molar-refractivity contribution < 1.29 is 4.79 Å². The zero-order valence-corrected chi connectivity index (χ0v) is 19.6. The lowest BCUT2D eigenvalue weighted by Gasteiger charge is -2.29. The van der Waals surface area contributed by atoms with Crippen molar-refractivity contribution in [1.82, 2.24) is 14.8 Å². The van der Waals surface area contributed by atoms with Crippen LogP contribution >= 0.6 is 27.7 Å². The van der Waals surface area contributed by atoms with E-state index in [-0.39, 0.29) is 5.91 Å². The molecule has 1 amide bonds. The molecule has 0 bridgehead atoms. The molecular weight excluding hydrogens is 462 g/mol. The topological polar surface area (TPSA) is 71.8 Å². The Kier molecular flexibility index (Phi) is 5.71. The molecule has 1 aliphatic rings. The highest BCUT2D eigenvalue weighted by Crippen LogP contribution is 2.37. The fourth-order valence-corrected chi connectivity index (χ4v) is 4.40. The number of aryl methyl sites for hydroxylation is 2. The predicted octanol–water partition coefficient (Wildman–Crippen LogP) is 5.31. The largest absolute Gasteiger partial charge is 0.328 e. The first kappa shape index (κ1) is 20.7. The quantitative estimate of drug-likeness (QED) is 0.492. The van der Waals surface area contributed by atoms with Crippen LogP contribution in [0.4, 0.5) is 11.6 Å². The average molecular weight is 484 g/mol. The van der Waals surface area contributed by atoms with Crippen molar-refractivity contribution in [2.24, 2.45) is 0 Å². The Bertz CT molecular complexity index is 1170. The van der Waals surface area contributed by atoms with E-state index >= 15 is 0 Å². The molecule has 0 saturated heterocycles. The summed E-state index contributed by atoms with van der Waals surface area (Å²) in [4.78, 5) is 18.0. The first-order chi connectivity index (χ1) is 14.4. The second-order valence-corrected chi connectivity index (χ2v) is 8.95. The fraction of sp³-hybridized carbons (Fsp3) is 0.227. The Morgan fingerprint density at radius 3 is 2.70 bits per heavy atom. The molecule has 8 heteroatoms. The van der Waals surface area contributed by atoms with Crippen molar-refractivity contribution in [2.75, 3.05) is 16.9 Å². The molecule has 1 atom stereocenters. The number of halogens is 1. The van der Waals surface area contributed by atoms with Crippen LogP contribution in [0.5, 0.6) is 0 Å². The van der Waals surface area contributed by atoms with Crippen LogP contribution in [0.3, 0.4) is 0 Å². The van der Waals surface area contributed by atoms with Crippen molar-refractivity contribution in [2.45, 2.75) is 32.0 Å². The monoisotopic (exact) mass is 483 g/mol. The van der Waals surface area contributed by atoms with Crippen molar-refractivity contribution in [3.63, 3.8) is 0 Å². The molecule has 30 heavy (non-hydrogen) atoms. The van der Waals surface area contributed by atoms with Crippen LogP contribution in [0.15, 0.2) is 63.4 Å². The van der Waals surface area contributed by atoms with Crippen LogP contribution < -0.4 is 10.6 Å². The number of aromatic nitrogens is 3. The number of hydrogen-bond acceptors (Lipinski definition) is 5. The lowest BCUT2D eigenvalue weighted by atomic mass is 9.95. The highest BCUT2D eigenvalue weighted by molar-refractivity contribution is 9.10. The molecule has 1 aromatic heterocycles. The Labute approximate surface area is 188 Å². The number of carbonyl (C=O) groups excluding carboxylic acids is 1. The molecule has 0 radical (unpaired) electrons. The van der Waals surface area contributed by atoms with Crippen LogP contribution in [0, 0.1) is 13.8 Å². The number of nitrogens with zero attached hydrogens (tertiary/aromatic N) is 3. The van der Waals surface area contributed by atoms with E-state index < -0.39 is 6.04 Å². The summed E-state index contributed by atoms with van der Waals surface area (Å²) >= 11 is 5.02. The third kappa shape index (κ3) is 3.89. The van der Waals surface area contributed by atoms with Crippen molar-refractivity contribution >= 4 is 45.2 Å². The molecule has 0 fully saturated rings. The van der Waals surface area contributed by atoms with Gasteiger partial charge in [-0.15, -0.1) is 5.10 Å². The number of allylic oxidation sites excluding steroid dienone is 1. The second kappa shape index (κ2) is 8.28. The molecular formula is C22H22BrN5OS. The molecule has 2 N–H and O–H groups in total. The molecule has 6 nitrogen and oxygen atoms in total. The molecule has 3 aromatic rings. The van der Waals surface area contributed by atoms with Crippen molar-refractivity contribution in [3.8, 4) is 0 Å². The van der Waals surface area contributed by atoms with Crippen LogP contribution in [0.25, 0.3) is 0 Å². The van der Waals surface area contributed by atoms with E-state index in [1.54, 1.807) is 4.68 Å². The Hall–Kier alpha value is -2.58. The molecule has 2 heterocycles. The number of thioether (sulfide) groups is 1. The molecule has 2 aromatic carbocycles. The molecule has 1 aliphatic heterocycles. The molecule has 0 unspecified atom stereocenters. The minimum absolute atomic E-state index is 0.163. The summed E-state index contributed by atoms with van der Waals surface area (Å²) in [7, 11) is 0. The average Bonchev–Trinajstić information content (AvgIpc) is 3.11. The number of fused-ring (bicyclic) bond motifs is 1. The zero-order valence-electron chi connectivity index (χ0n) is 17.2. The van der Waals surface area contributed by atoms with Crippen LogP contribution in [0.1, 0.15) is 29.7 Å². The standard InChI is InChI=1S/C22H22BrN5OS/c1-12-8-9-17(13(2)10-12)25-20(29)18-14(3)24-21-26-22(30-4)27-28(21)19(18)15-6-5-7-16(23)11-15/h5-11,19H,1-4H3,(H,25,29)(H,24,26,27)/t19-/m1/s1. The maximum Gasteiger partial charge on any atom is 0.255 e. The van der Waals surface area contributed by atoms with Gasteiger partial charge in [-0.2, -0.15) is 4.98 Å². The maximum absolute atomic E-state index is 13.5. The minimum atomic E-state index is -0.391. The maximum atomic E-state index is 13.5. The Morgan fingerprint density at radius 2 is 2.00 bits per heavy atom. The lowest BCUT2D eigenvalue weighted by Crippen LogP contribution is -2.31. The Balaban J connectivity index is 1.79. The first-order valence-corrected chi connectivity index (χ1v) is 11.5. The summed E-state index contributed by atoms with van der Waals surface area (Å²) in [6, 6.07) is 13.5. The zero-order chi connectivity index (χ0) is 21.4. The van der Waals surface area contributed by atoms with Crippen LogP contribution in [0.2, 0.25) is 0 Å². The van der Waals surface area contributed by atoms with Gasteiger partial charge in [-0.1, -0.05) is 57.5 Å². The van der Waals surface area contributed by atoms with E-state index in [0.717, 1.165) is 32.5 Å². The summed E-state index contributed by atoms with van der Waals surface area (Å²) in [5.74, 6) is 0.466. The smallest absolute Gasteiger partial charge is 0.255 e. The Morgan fingerprint density at radius 1 is 1.20 bits per heavy atom. The number of hydrogen-bond donors (Lipinski definition) is 2. The van der Waals surface area contributed by atoms with Gasteiger partial charge in [0.2, 0.25) is 11.1 Å². The third-order valence-electron chi connectivity index (χ3n) is 5.05. The lowest BCUT2D eigenvalue weighted by molar-refractivity contribution is -0.113. The van der Waals surface area contributed by atoms with Gasteiger partial charge in [0.05, 0.1) is 5.57 Å². The van der Waals surface area contributed by atoms with Gasteiger partial charge in [0.15, 0.2) is 0 Å². The van der Waals surface area contributed by atoms with Crippen molar-refractivity contribution in [3.05, 3.63) is 74.9 Å². The molecule has 4 rings (SSSR count). The van der Waals surface area contributed by atoms with Gasteiger partial charge in [0.1, 0.15) is 6.04 Å². The number of amides is 1. The van der Waals surface area contributed by atoms with Gasteiger partial charge < -0.3 is 10.6 Å². The fourth-order valence-electron chi connectivity index (χ4n) is 3.64. The van der Waals surface area contributed by atoms with Gasteiger partial charge in [-0.3, -0.25) is 4.79 Å². The molecule has 0 aliphatic carbocycles. The van der Waals surface area contributed by atoms with E-state index in [0.29, 0.717) is 16.7 Å². The summed E-state index contributed by atoms with van der Waals surface area (Å²) in [5.41, 5.74) is 5.30. The van der Waals surface area contributed by atoms with E-state index in [4.69, 9.17) is 0 Å². The molecule has 0 spiro atoms. The van der Waals surface area contributed by atoms with E-state index in [2.05, 4.69) is 42.7 Å². The second-order valence-electron chi connectivity index (χ2n) is 7.26. The van der Waals surface area contributed by atoms with Gasteiger partial charge in [-0.05, 0) is 56.4 Å². The predicted molar refractivity (Wildman–Crippen MR) is 125 cm³/mol. The number of nitrogens with one attached hydrogen (secondary N) is 2. The van der Waals surface area contributed by atoms with Gasteiger partial charge in [-0.25, -0.2) is 4.68 Å². The van der Waals surface area contributed by atoms with E-state index in [1.165, 1.54) is 11.8 Å². The summed E-state index contributed by atoms with van der Waals surface area (Å²) < 4.78 is 2.73. The first-order valence-electron chi connectivity index (χ1n) is 9.49. The van der Waals surface area contributed by atoms with Gasteiger partial charge in [0.25, 0.3) is 5.91 Å². The summed E-state index contributed by atoms with van der Waals surface area (Å²) in [5, 5.41) is 11.6. The summed E-state index contributed by atoms with van der Waals surface area (Å²) in [6.45, 7) is 5.93. The third-order valence-corrected chi connectivity index (χ3v) is 6.09. The number of benzene rings is 2. The van der Waals surface area contributed by atoms with Gasteiger partial charge >= 0.3 is 0 Å².